The number of aryl methyl sites for hydroxylation is 1. The maximum Gasteiger partial charge on any atom is 0.259 e. The molecule has 0 bridgehead atoms. The van der Waals surface area contributed by atoms with Crippen LogP contribution in [0.15, 0.2) is 66.1 Å². The van der Waals surface area contributed by atoms with E-state index in [0.29, 0.717) is 22.9 Å². The predicted molar refractivity (Wildman–Crippen MR) is 148 cm³/mol. The van der Waals surface area contributed by atoms with Crippen LogP contribution in [0.2, 0.25) is 0 Å². The molecule has 1 saturated heterocycles. The number of aromatic amines is 1. The quantitative estimate of drug-likeness (QED) is 0.335. The molecular formula is C29H31N7O. The molecule has 8 nitrogen and oxygen atoms in total. The Morgan fingerprint density at radius 2 is 2.00 bits per heavy atom. The van der Waals surface area contributed by atoms with Crippen molar-refractivity contribution in [2.45, 2.75) is 39.0 Å². The van der Waals surface area contributed by atoms with Crippen LogP contribution in [0.25, 0.3) is 27.8 Å². The molecule has 0 amide bonds. The van der Waals surface area contributed by atoms with E-state index in [1.54, 1.807) is 18.6 Å². The number of likely N-dealkylation sites (tertiary alicyclic amines) is 1. The molecule has 2 N–H and O–H groups in total. The van der Waals surface area contributed by atoms with Crippen molar-refractivity contribution in [3.63, 3.8) is 0 Å². The molecule has 188 valence electrons. The van der Waals surface area contributed by atoms with E-state index in [1.165, 1.54) is 50.0 Å². The first-order valence-corrected chi connectivity index (χ1v) is 13.0. The highest BCUT2D eigenvalue weighted by Crippen LogP contribution is 2.33. The molecule has 1 aromatic carbocycles. The molecule has 6 rings (SSSR count). The number of nitrogens with one attached hydrogen (secondary N) is 2. The van der Waals surface area contributed by atoms with Crippen LogP contribution in [0.3, 0.4) is 0 Å². The highest BCUT2D eigenvalue weighted by atomic mass is 16.1. The number of imidazole rings is 1. The van der Waals surface area contributed by atoms with Crippen LogP contribution >= 0.6 is 0 Å². The Kier molecular flexibility index (Phi) is 6.18. The average Bonchev–Trinajstić information content (AvgIpc) is 3.38. The minimum Gasteiger partial charge on any atom is -0.340 e. The molecule has 0 saturated carbocycles. The molecule has 5 aromatic rings. The molecule has 8 heteroatoms. The predicted octanol–water partition coefficient (Wildman–Crippen LogP) is 5.27. The standard InChI is InChI=1S/C29H31N7O/c1-3-11-35-12-7-20(8-13-35)24-5-4-23(15-19(24)2)33-27-26-21(6-9-30-28(26)37)16-25(34-27)22-17-32-29-31-10-14-36(29)18-22/h4-6,9-10,14-18,20H,3,7-8,11-13H2,1-2H3,(H,30,37)(H,33,34). The minimum absolute atomic E-state index is 0.172. The highest BCUT2D eigenvalue weighted by molar-refractivity contribution is 5.95. The fraction of sp³-hybridized carbons (Fsp3) is 0.310. The number of hydrogen-bond donors (Lipinski definition) is 2. The number of hydrogen-bond acceptors (Lipinski definition) is 6. The summed E-state index contributed by atoms with van der Waals surface area (Å²) in [5.74, 6) is 1.75. The highest BCUT2D eigenvalue weighted by Gasteiger charge is 2.21. The van der Waals surface area contributed by atoms with Gasteiger partial charge in [-0.25, -0.2) is 15.0 Å². The van der Waals surface area contributed by atoms with Gasteiger partial charge in [0.05, 0.1) is 11.1 Å². The molecule has 1 fully saturated rings. The lowest BCUT2D eigenvalue weighted by Gasteiger charge is -2.32. The number of nitrogens with zero attached hydrogens (tertiary/aromatic N) is 5. The molecule has 1 aliphatic heterocycles. The van der Waals surface area contributed by atoms with Crippen LogP contribution < -0.4 is 10.9 Å². The Morgan fingerprint density at radius 3 is 2.81 bits per heavy atom. The molecule has 0 spiro atoms. The number of anilines is 2. The molecular weight excluding hydrogens is 462 g/mol. The van der Waals surface area contributed by atoms with Gasteiger partial charge < -0.3 is 15.2 Å². The van der Waals surface area contributed by atoms with Gasteiger partial charge in [0.1, 0.15) is 5.82 Å². The largest absolute Gasteiger partial charge is 0.340 e. The summed E-state index contributed by atoms with van der Waals surface area (Å²) in [6.07, 6.45) is 12.6. The molecule has 0 atom stereocenters. The number of benzene rings is 1. The van der Waals surface area contributed by atoms with Crippen LogP contribution in [-0.4, -0.2) is 48.9 Å². The number of pyridine rings is 2. The maximum absolute atomic E-state index is 12.8. The first kappa shape index (κ1) is 23.4. The number of H-pyrrole nitrogens is 1. The van der Waals surface area contributed by atoms with Crippen molar-refractivity contribution in [3.8, 4) is 11.3 Å². The van der Waals surface area contributed by atoms with Gasteiger partial charge in [-0.3, -0.25) is 9.20 Å². The van der Waals surface area contributed by atoms with E-state index >= 15 is 0 Å². The smallest absolute Gasteiger partial charge is 0.259 e. The second kappa shape index (κ2) is 9.78. The number of rotatable bonds is 6. The average molecular weight is 494 g/mol. The van der Waals surface area contributed by atoms with Crippen LogP contribution in [0.1, 0.15) is 43.2 Å². The molecule has 5 heterocycles. The van der Waals surface area contributed by atoms with Crippen LogP contribution in [0.4, 0.5) is 11.5 Å². The zero-order valence-electron chi connectivity index (χ0n) is 21.2. The monoisotopic (exact) mass is 493 g/mol. The third-order valence-corrected chi connectivity index (χ3v) is 7.40. The number of aromatic nitrogens is 5. The van der Waals surface area contributed by atoms with Gasteiger partial charge in [-0.05, 0) is 92.5 Å². The molecule has 0 radical (unpaired) electrons. The van der Waals surface area contributed by atoms with Crippen molar-refractivity contribution in [1.82, 2.24) is 29.2 Å². The van der Waals surface area contributed by atoms with Crippen molar-refractivity contribution in [3.05, 3.63) is 82.8 Å². The van der Waals surface area contributed by atoms with E-state index in [1.807, 2.05) is 28.9 Å². The van der Waals surface area contributed by atoms with Crippen molar-refractivity contribution >= 4 is 28.1 Å². The molecule has 0 aliphatic carbocycles. The SMILES string of the molecule is CCCN1CCC(c2ccc(Nc3nc(-c4cnc5nccn5c4)cc4cc[nH]c(=O)c34)cc2C)CC1. The van der Waals surface area contributed by atoms with Crippen molar-refractivity contribution in [1.29, 1.82) is 0 Å². The van der Waals surface area contributed by atoms with E-state index in [-0.39, 0.29) is 5.56 Å². The van der Waals surface area contributed by atoms with E-state index in [9.17, 15) is 4.79 Å². The van der Waals surface area contributed by atoms with Gasteiger partial charge in [-0.2, -0.15) is 0 Å². The van der Waals surface area contributed by atoms with Gasteiger partial charge in [-0.15, -0.1) is 0 Å². The summed E-state index contributed by atoms with van der Waals surface area (Å²) < 4.78 is 1.86. The van der Waals surface area contributed by atoms with E-state index < -0.39 is 0 Å². The normalized spacial score (nSPS) is 15.0. The zero-order valence-corrected chi connectivity index (χ0v) is 21.2. The summed E-state index contributed by atoms with van der Waals surface area (Å²) in [6.45, 7) is 7.96. The maximum atomic E-state index is 12.8. The molecule has 0 unspecified atom stereocenters. The summed E-state index contributed by atoms with van der Waals surface area (Å²) in [7, 11) is 0. The first-order chi connectivity index (χ1) is 18.1. The Morgan fingerprint density at radius 1 is 1.14 bits per heavy atom. The van der Waals surface area contributed by atoms with Crippen LogP contribution in [-0.2, 0) is 0 Å². The summed E-state index contributed by atoms with van der Waals surface area (Å²) in [5, 5.41) is 4.80. The summed E-state index contributed by atoms with van der Waals surface area (Å²) >= 11 is 0. The Hall–Kier alpha value is -4.04. The van der Waals surface area contributed by atoms with E-state index in [2.05, 4.69) is 57.2 Å². The van der Waals surface area contributed by atoms with Crippen molar-refractivity contribution in [2.75, 3.05) is 25.0 Å². The van der Waals surface area contributed by atoms with E-state index in [0.717, 1.165) is 22.3 Å². The summed E-state index contributed by atoms with van der Waals surface area (Å²) in [6, 6.07) is 10.3. The van der Waals surface area contributed by atoms with Gasteiger partial charge in [0.15, 0.2) is 0 Å². The number of fused-ring (bicyclic) bond motifs is 2. The Labute approximate surface area is 215 Å². The Balaban J connectivity index is 1.33. The zero-order chi connectivity index (χ0) is 25.4. The first-order valence-electron chi connectivity index (χ1n) is 13.0. The Bertz CT molecular complexity index is 1630. The molecule has 4 aromatic heterocycles. The van der Waals surface area contributed by atoms with Crippen LogP contribution in [0.5, 0.6) is 0 Å². The van der Waals surface area contributed by atoms with Gasteiger partial charge in [0.2, 0.25) is 5.78 Å². The topological polar surface area (TPSA) is 91.2 Å². The lowest BCUT2D eigenvalue weighted by Crippen LogP contribution is -2.33. The van der Waals surface area contributed by atoms with Crippen molar-refractivity contribution < 1.29 is 0 Å². The van der Waals surface area contributed by atoms with Gasteiger partial charge >= 0.3 is 0 Å². The second-order valence-electron chi connectivity index (χ2n) is 9.92. The van der Waals surface area contributed by atoms with E-state index in [4.69, 9.17) is 4.98 Å². The molecule has 37 heavy (non-hydrogen) atoms. The fourth-order valence-corrected chi connectivity index (χ4v) is 5.53. The summed E-state index contributed by atoms with van der Waals surface area (Å²) in [5.41, 5.74) is 5.01. The van der Waals surface area contributed by atoms with Gasteiger partial charge in [0.25, 0.3) is 5.56 Å². The summed E-state index contributed by atoms with van der Waals surface area (Å²) in [4.78, 5) is 31.7. The van der Waals surface area contributed by atoms with Crippen LogP contribution in [0, 0.1) is 6.92 Å². The third kappa shape index (κ3) is 4.60. The minimum atomic E-state index is -0.172. The fourth-order valence-electron chi connectivity index (χ4n) is 5.53. The lowest BCUT2D eigenvalue weighted by atomic mass is 9.86. The lowest BCUT2D eigenvalue weighted by molar-refractivity contribution is 0.212. The van der Waals surface area contributed by atoms with Gasteiger partial charge in [0, 0.05) is 42.2 Å². The van der Waals surface area contributed by atoms with Crippen molar-refractivity contribution in [2.24, 2.45) is 0 Å². The molecule has 1 aliphatic rings. The third-order valence-electron chi connectivity index (χ3n) is 7.40. The second-order valence-corrected chi connectivity index (χ2v) is 9.92. The number of piperidine rings is 1. The van der Waals surface area contributed by atoms with Gasteiger partial charge in [-0.1, -0.05) is 13.0 Å².